The molecule has 30 heavy (non-hydrogen) atoms. The van der Waals surface area contributed by atoms with E-state index in [1.54, 1.807) is 0 Å². The Morgan fingerprint density at radius 2 is 1.77 bits per heavy atom. The van der Waals surface area contributed by atoms with Crippen LogP contribution in [-0.2, 0) is 17.9 Å². The van der Waals surface area contributed by atoms with Crippen LogP contribution in [0.4, 0.5) is 0 Å². The first-order chi connectivity index (χ1) is 14.7. The minimum atomic E-state index is 0.356. The van der Waals surface area contributed by atoms with Crippen LogP contribution in [-0.4, -0.2) is 50.9 Å². The molecule has 1 saturated heterocycles. The van der Waals surface area contributed by atoms with E-state index in [-0.39, 0.29) is 0 Å². The van der Waals surface area contributed by atoms with E-state index in [9.17, 15) is 0 Å². The molecular weight excluding hydrogens is 423 g/mol. The zero-order chi connectivity index (χ0) is 21.2. The van der Waals surface area contributed by atoms with Crippen molar-refractivity contribution in [1.82, 2.24) is 10.2 Å². The SMILES string of the molecule is CCOc1cc(CNCCCN2CCOCC2)c(Cl)cc1OCc1ccccc1Cl. The summed E-state index contributed by atoms with van der Waals surface area (Å²) < 4.78 is 17.2. The second-order valence-electron chi connectivity index (χ2n) is 7.19. The molecule has 1 aliphatic heterocycles. The van der Waals surface area contributed by atoms with Gasteiger partial charge in [-0.25, -0.2) is 0 Å². The molecule has 0 bridgehead atoms. The van der Waals surface area contributed by atoms with Gasteiger partial charge in [0.2, 0.25) is 0 Å². The van der Waals surface area contributed by atoms with Crippen molar-refractivity contribution < 1.29 is 14.2 Å². The van der Waals surface area contributed by atoms with E-state index in [0.717, 1.165) is 56.9 Å². The molecule has 1 heterocycles. The summed E-state index contributed by atoms with van der Waals surface area (Å²) in [5, 5.41) is 4.82. The van der Waals surface area contributed by atoms with E-state index in [1.807, 2.05) is 43.3 Å². The predicted molar refractivity (Wildman–Crippen MR) is 122 cm³/mol. The van der Waals surface area contributed by atoms with Crippen LogP contribution in [0.5, 0.6) is 11.5 Å². The van der Waals surface area contributed by atoms with Crippen LogP contribution >= 0.6 is 23.2 Å². The summed E-state index contributed by atoms with van der Waals surface area (Å²) in [5.74, 6) is 1.32. The lowest BCUT2D eigenvalue weighted by atomic mass is 10.2. The molecule has 3 rings (SSSR count). The van der Waals surface area contributed by atoms with E-state index in [2.05, 4.69) is 10.2 Å². The molecule has 1 aliphatic rings. The lowest BCUT2D eigenvalue weighted by molar-refractivity contribution is 0.0374. The Morgan fingerprint density at radius 1 is 1.00 bits per heavy atom. The topological polar surface area (TPSA) is 43.0 Å². The normalized spacial score (nSPS) is 14.6. The van der Waals surface area contributed by atoms with Crippen molar-refractivity contribution in [2.24, 2.45) is 0 Å². The lowest BCUT2D eigenvalue weighted by Gasteiger charge is -2.26. The number of rotatable bonds is 11. The van der Waals surface area contributed by atoms with Crippen molar-refractivity contribution in [3.8, 4) is 11.5 Å². The third-order valence-electron chi connectivity index (χ3n) is 5.00. The fourth-order valence-electron chi connectivity index (χ4n) is 3.34. The van der Waals surface area contributed by atoms with Gasteiger partial charge in [-0.3, -0.25) is 4.90 Å². The van der Waals surface area contributed by atoms with Crippen molar-refractivity contribution in [3.05, 3.63) is 57.6 Å². The van der Waals surface area contributed by atoms with Crippen molar-refractivity contribution in [2.75, 3.05) is 46.0 Å². The second-order valence-corrected chi connectivity index (χ2v) is 8.00. The molecule has 0 aromatic heterocycles. The van der Waals surface area contributed by atoms with E-state index in [0.29, 0.717) is 41.3 Å². The van der Waals surface area contributed by atoms with Crippen LogP contribution in [0.25, 0.3) is 0 Å². The third-order valence-corrected chi connectivity index (χ3v) is 5.72. The highest BCUT2D eigenvalue weighted by atomic mass is 35.5. The molecule has 2 aromatic rings. The average Bonchev–Trinajstić information content (AvgIpc) is 2.76. The van der Waals surface area contributed by atoms with Gasteiger partial charge in [-0.05, 0) is 44.1 Å². The molecule has 0 atom stereocenters. The summed E-state index contributed by atoms with van der Waals surface area (Å²) in [7, 11) is 0. The molecule has 5 nitrogen and oxygen atoms in total. The Bertz CT molecular complexity index is 798. The van der Waals surface area contributed by atoms with Gasteiger partial charge in [0.25, 0.3) is 0 Å². The van der Waals surface area contributed by atoms with E-state index < -0.39 is 0 Å². The van der Waals surface area contributed by atoms with Crippen molar-refractivity contribution in [1.29, 1.82) is 0 Å². The lowest BCUT2D eigenvalue weighted by Crippen LogP contribution is -2.37. The van der Waals surface area contributed by atoms with E-state index >= 15 is 0 Å². The molecule has 1 fully saturated rings. The first-order valence-corrected chi connectivity index (χ1v) is 11.2. The first kappa shape index (κ1) is 23.2. The largest absolute Gasteiger partial charge is 0.490 e. The number of ether oxygens (including phenoxy) is 3. The molecule has 164 valence electrons. The van der Waals surface area contributed by atoms with Crippen molar-refractivity contribution in [2.45, 2.75) is 26.5 Å². The Hall–Kier alpha value is -1.50. The molecular formula is C23H30Cl2N2O3. The molecule has 0 saturated carbocycles. The number of nitrogens with one attached hydrogen (secondary N) is 1. The van der Waals surface area contributed by atoms with E-state index in [1.165, 1.54) is 0 Å². The minimum absolute atomic E-state index is 0.356. The molecule has 0 aliphatic carbocycles. The molecule has 2 aromatic carbocycles. The number of nitrogens with zero attached hydrogens (tertiary/aromatic N) is 1. The summed E-state index contributed by atoms with van der Waals surface area (Å²) >= 11 is 12.8. The van der Waals surface area contributed by atoms with Crippen LogP contribution in [0, 0.1) is 0 Å². The maximum absolute atomic E-state index is 6.53. The zero-order valence-electron chi connectivity index (χ0n) is 17.5. The fourth-order valence-corrected chi connectivity index (χ4v) is 3.75. The molecule has 0 spiro atoms. The van der Waals surface area contributed by atoms with Gasteiger partial charge >= 0.3 is 0 Å². The quantitative estimate of drug-likeness (QED) is 0.496. The van der Waals surface area contributed by atoms with Gasteiger partial charge in [0.05, 0.1) is 19.8 Å². The van der Waals surface area contributed by atoms with Crippen LogP contribution in [0.2, 0.25) is 10.0 Å². The Balaban J connectivity index is 1.53. The van der Waals surface area contributed by atoms with Gasteiger partial charge in [0, 0.05) is 41.3 Å². The zero-order valence-corrected chi connectivity index (χ0v) is 19.0. The fraction of sp³-hybridized carbons (Fsp3) is 0.478. The summed E-state index contributed by atoms with van der Waals surface area (Å²) in [6.45, 7) is 9.31. The van der Waals surface area contributed by atoms with Crippen molar-refractivity contribution in [3.63, 3.8) is 0 Å². The monoisotopic (exact) mass is 452 g/mol. The maximum Gasteiger partial charge on any atom is 0.163 e. The highest BCUT2D eigenvalue weighted by Crippen LogP contribution is 2.34. The number of morpholine rings is 1. The highest BCUT2D eigenvalue weighted by Gasteiger charge is 2.13. The molecule has 7 heteroatoms. The summed E-state index contributed by atoms with van der Waals surface area (Å²) in [6.07, 6.45) is 1.09. The first-order valence-electron chi connectivity index (χ1n) is 10.5. The van der Waals surface area contributed by atoms with Crippen LogP contribution in [0.1, 0.15) is 24.5 Å². The molecule has 0 unspecified atom stereocenters. The van der Waals surface area contributed by atoms with Gasteiger partial charge in [-0.2, -0.15) is 0 Å². The minimum Gasteiger partial charge on any atom is -0.490 e. The Kier molecular flexibility index (Phi) is 9.56. The van der Waals surface area contributed by atoms with Crippen LogP contribution in [0.3, 0.4) is 0 Å². The van der Waals surface area contributed by atoms with E-state index in [4.69, 9.17) is 37.4 Å². The summed E-state index contributed by atoms with van der Waals surface area (Å²) in [6, 6.07) is 11.4. The van der Waals surface area contributed by atoms with Gasteiger partial charge < -0.3 is 19.5 Å². The molecule has 0 amide bonds. The Labute approximate surface area is 189 Å². The number of hydrogen-bond acceptors (Lipinski definition) is 5. The van der Waals surface area contributed by atoms with Gasteiger partial charge in [-0.1, -0.05) is 41.4 Å². The van der Waals surface area contributed by atoms with Crippen molar-refractivity contribution >= 4 is 23.2 Å². The highest BCUT2D eigenvalue weighted by molar-refractivity contribution is 6.31. The standard InChI is InChI=1S/C23H30Cl2N2O3/c1-2-29-22-14-19(16-26-8-5-9-27-10-12-28-13-11-27)21(25)15-23(22)30-17-18-6-3-4-7-20(18)24/h3-4,6-7,14-15,26H,2,5,8-13,16-17H2,1H3. The number of halogens is 2. The third kappa shape index (κ3) is 7.03. The molecule has 1 N–H and O–H groups in total. The maximum atomic E-state index is 6.53. The summed E-state index contributed by atoms with van der Waals surface area (Å²) in [4.78, 5) is 2.44. The number of benzene rings is 2. The predicted octanol–water partition coefficient (Wildman–Crippen LogP) is 4.78. The number of hydrogen-bond donors (Lipinski definition) is 1. The smallest absolute Gasteiger partial charge is 0.163 e. The van der Waals surface area contributed by atoms with Gasteiger partial charge in [0.15, 0.2) is 11.5 Å². The average molecular weight is 453 g/mol. The van der Waals surface area contributed by atoms with Gasteiger partial charge in [-0.15, -0.1) is 0 Å². The Morgan fingerprint density at radius 3 is 2.53 bits per heavy atom. The second kappa shape index (κ2) is 12.4. The van der Waals surface area contributed by atoms with Gasteiger partial charge in [0.1, 0.15) is 6.61 Å². The van der Waals surface area contributed by atoms with Crippen LogP contribution in [0.15, 0.2) is 36.4 Å². The molecule has 0 radical (unpaired) electrons. The van der Waals surface area contributed by atoms with Crippen LogP contribution < -0.4 is 14.8 Å². The summed E-state index contributed by atoms with van der Waals surface area (Å²) in [5.41, 5.74) is 1.92.